The third-order valence-electron chi connectivity index (χ3n) is 0. The van der Waals surface area contributed by atoms with E-state index >= 15 is 0 Å². The predicted molar refractivity (Wildman–Crippen MR) is 17.3 cm³/mol. The zero-order valence-electron chi connectivity index (χ0n) is 2.45. The van der Waals surface area contributed by atoms with Crippen LogP contribution in [0.15, 0.2) is 0 Å². The Kier molecular flexibility index (Phi) is 118. The van der Waals surface area contributed by atoms with Gasteiger partial charge in [0.15, 0.2) is 0 Å². The fourth-order valence-electron chi connectivity index (χ4n) is 0. The van der Waals surface area contributed by atoms with Gasteiger partial charge in [0.1, 0.15) is 0 Å². The monoisotopic (exact) mass is 265 g/mol. The van der Waals surface area contributed by atoms with Gasteiger partial charge < -0.3 is 0 Å². The Morgan fingerprint density at radius 3 is 0.500 bits per heavy atom. The molecule has 4 heavy (non-hydrogen) atoms. The van der Waals surface area contributed by atoms with E-state index in [1.807, 2.05) is 0 Å². The smallest absolute Gasteiger partial charge is 0 e. The summed E-state index contributed by atoms with van der Waals surface area (Å²) in [5.41, 5.74) is 0. The number of hydrogen-bond acceptors (Lipinski definition) is 0. The van der Waals surface area contributed by atoms with Crippen LogP contribution in [0.1, 0.15) is 0 Å². The van der Waals surface area contributed by atoms with E-state index in [4.69, 9.17) is 0 Å². The molecule has 0 aliphatic heterocycles. The molecule has 0 unspecified atom stereocenters. The van der Waals surface area contributed by atoms with Crippen LogP contribution in [0.4, 0.5) is 0 Å². The first-order valence-corrected chi connectivity index (χ1v) is 0. The van der Waals surface area contributed by atoms with E-state index < -0.39 is 0 Å². The standard InChI is InChI=1S/Ir.3Mg. The Morgan fingerprint density at radius 2 is 0.500 bits per heavy atom. The largest absolute Gasteiger partial charge is 0 e. The van der Waals surface area contributed by atoms with Crippen molar-refractivity contribution in [2.75, 3.05) is 0 Å². The molecule has 0 nitrogen and oxygen atoms in total. The van der Waals surface area contributed by atoms with Crippen LogP contribution in [0.5, 0.6) is 0 Å². The van der Waals surface area contributed by atoms with Crippen LogP contribution in [0.2, 0.25) is 0 Å². The molecule has 0 bridgehead atoms. The first kappa shape index (κ1) is 28.3. The minimum absolute atomic E-state index is 0. The molecular formula is IrMg3. The van der Waals surface area contributed by atoms with Gasteiger partial charge in [0.2, 0.25) is 0 Å². The van der Waals surface area contributed by atoms with Gasteiger partial charge in [-0.25, -0.2) is 0 Å². The van der Waals surface area contributed by atoms with Gasteiger partial charge in [-0.15, -0.1) is 0 Å². The van der Waals surface area contributed by atoms with Crippen LogP contribution >= 0.6 is 0 Å². The van der Waals surface area contributed by atoms with Crippen molar-refractivity contribution in [1.29, 1.82) is 0 Å². The van der Waals surface area contributed by atoms with Crippen molar-refractivity contribution in [3.63, 3.8) is 0 Å². The second-order valence-corrected chi connectivity index (χ2v) is 0. The molecular weight excluding hydrogens is 265 g/mol. The van der Waals surface area contributed by atoms with Crippen LogP contribution in [0.25, 0.3) is 0 Å². The third-order valence-corrected chi connectivity index (χ3v) is 0. The molecule has 0 aliphatic carbocycles. The fraction of sp³-hybridized carbons (Fsp3) is 0. The Bertz CT molecular complexity index is 3.25. The van der Waals surface area contributed by atoms with Crippen molar-refractivity contribution in [2.45, 2.75) is 0 Å². The molecule has 0 fully saturated rings. The summed E-state index contributed by atoms with van der Waals surface area (Å²) in [6.07, 6.45) is 0. The second-order valence-electron chi connectivity index (χ2n) is 0. The van der Waals surface area contributed by atoms with Gasteiger partial charge in [-0.2, -0.15) is 0 Å². The van der Waals surface area contributed by atoms with E-state index in [0.717, 1.165) is 0 Å². The van der Waals surface area contributed by atoms with Crippen molar-refractivity contribution < 1.29 is 20.1 Å². The maximum atomic E-state index is 0. The zero-order chi connectivity index (χ0) is 0. The van der Waals surface area contributed by atoms with Crippen molar-refractivity contribution in [1.82, 2.24) is 0 Å². The quantitative estimate of drug-likeness (QED) is 0.485. The molecule has 0 spiro atoms. The van der Waals surface area contributed by atoms with Gasteiger partial charge >= 0.3 is 0 Å². The van der Waals surface area contributed by atoms with E-state index in [0.29, 0.717) is 0 Å². The Hall–Kier alpha value is 2.95. The average molecular weight is 265 g/mol. The summed E-state index contributed by atoms with van der Waals surface area (Å²) in [5.74, 6) is 0. The summed E-state index contributed by atoms with van der Waals surface area (Å²) in [6.45, 7) is 0. The van der Waals surface area contributed by atoms with Crippen LogP contribution in [0.3, 0.4) is 0 Å². The minimum Gasteiger partial charge on any atom is 0 e. The molecule has 0 heterocycles. The van der Waals surface area contributed by atoms with Crippen LogP contribution in [-0.4, -0.2) is 69.2 Å². The van der Waals surface area contributed by atoms with E-state index in [1.165, 1.54) is 0 Å². The SMILES string of the molecule is [Ir].[Mg].[Mg].[Mg]. The molecule has 4 heteroatoms. The van der Waals surface area contributed by atoms with Gasteiger partial charge in [0.25, 0.3) is 0 Å². The summed E-state index contributed by atoms with van der Waals surface area (Å²) in [6, 6.07) is 0. The molecule has 0 amide bonds. The average Bonchev–Trinajstić information content (AvgIpc) is 0. The van der Waals surface area contributed by atoms with Gasteiger partial charge in [-0.1, -0.05) is 0 Å². The van der Waals surface area contributed by atoms with Gasteiger partial charge in [-0.3, -0.25) is 0 Å². The molecule has 0 aromatic rings. The summed E-state index contributed by atoms with van der Waals surface area (Å²) in [5, 5.41) is 0. The van der Waals surface area contributed by atoms with Crippen molar-refractivity contribution in [3.05, 3.63) is 0 Å². The summed E-state index contributed by atoms with van der Waals surface area (Å²) < 4.78 is 0. The number of rotatable bonds is 0. The first-order chi connectivity index (χ1) is 0. The van der Waals surface area contributed by atoms with E-state index in [1.54, 1.807) is 0 Å². The molecule has 0 atom stereocenters. The van der Waals surface area contributed by atoms with Crippen molar-refractivity contribution in [2.24, 2.45) is 0 Å². The van der Waals surface area contributed by atoms with E-state index in [9.17, 15) is 0 Å². The number of hydrogen-bond donors (Lipinski definition) is 0. The molecule has 0 saturated carbocycles. The minimum atomic E-state index is 0. The summed E-state index contributed by atoms with van der Waals surface area (Å²) in [4.78, 5) is 0. The van der Waals surface area contributed by atoms with Crippen LogP contribution in [-0.2, 0) is 20.1 Å². The van der Waals surface area contributed by atoms with Crippen LogP contribution < -0.4 is 0 Å². The molecule has 0 saturated heterocycles. The maximum Gasteiger partial charge on any atom is 0 e. The molecule has 0 N–H and O–H groups in total. The second kappa shape index (κ2) is 16.8. The molecule has 0 rings (SSSR count). The van der Waals surface area contributed by atoms with Gasteiger partial charge in [-0.05, 0) is 0 Å². The Labute approximate surface area is 87.7 Å². The molecule has 7 radical (unpaired) electrons. The third kappa shape index (κ3) is 8.87. The molecule has 0 aromatic carbocycles. The summed E-state index contributed by atoms with van der Waals surface area (Å²) >= 11 is 0. The van der Waals surface area contributed by atoms with E-state index in [-0.39, 0.29) is 89.3 Å². The Morgan fingerprint density at radius 1 is 0.500 bits per heavy atom. The molecule has 15 valence electrons. The normalized spacial score (nSPS) is 0. The van der Waals surface area contributed by atoms with Crippen molar-refractivity contribution in [3.8, 4) is 0 Å². The predicted octanol–water partition coefficient (Wildman–Crippen LogP) is -1.14. The van der Waals surface area contributed by atoms with Gasteiger partial charge in [0, 0.05) is 89.3 Å². The van der Waals surface area contributed by atoms with Gasteiger partial charge in [0.05, 0.1) is 0 Å². The first-order valence-electron chi connectivity index (χ1n) is 0. The van der Waals surface area contributed by atoms with Crippen LogP contribution in [0, 0.1) is 0 Å². The fourth-order valence-corrected chi connectivity index (χ4v) is 0. The van der Waals surface area contributed by atoms with Crippen molar-refractivity contribution >= 4 is 69.2 Å². The Balaban J connectivity index is 0. The maximum absolute atomic E-state index is 0. The summed E-state index contributed by atoms with van der Waals surface area (Å²) in [7, 11) is 0. The molecule has 0 aromatic heterocycles. The zero-order valence-corrected chi connectivity index (χ0v) is 9.09. The topological polar surface area (TPSA) is 0 Å². The van der Waals surface area contributed by atoms with E-state index in [2.05, 4.69) is 0 Å². The molecule has 0 aliphatic rings.